The summed E-state index contributed by atoms with van der Waals surface area (Å²) in [6.45, 7) is 0. The van der Waals surface area contributed by atoms with Gasteiger partial charge in [-0.3, -0.25) is 0 Å². The van der Waals surface area contributed by atoms with E-state index in [9.17, 15) is 4.39 Å². The molecule has 0 fully saturated rings. The number of hydrogen-bond donors (Lipinski definition) is 0. The van der Waals surface area contributed by atoms with E-state index in [0.717, 1.165) is 10.6 Å². The van der Waals surface area contributed by atoms with Crippen LogP contribution in [-0.2, 0) is 0 Å². The fourth-order valence-corrected chi connectivity index (χ4v) is 1.70. The number of nitrogens with zero attached hydrogens (tertiary/aromatic N) is 1. The zero-order chi connectivity index (χ0) is 9.26. The van der Waals surface area contributed by atoms with E-state index in [0.29, 0.717) is 4.78 Å². The molecular weight excluding hydrogens is 184 g/mol. The molecular formula is C9H5BFNS. The van der Waals surface area contributed by atoms with E-state index in [-0.39, 0.29) is 5.82 Å². The first-order chi connectivity index (χ1) is 6.25. The molecule has 0 aliphatic heterocycles. The van der Waals surface area contributed by atoms with E-state index in [1.54, 1.807) is 18.3 Å². The lowest BCUT2D eigenvalue weighted by molar-refractivity contribution is 0.628. The van der Waals surface area contributed by atoms with E-state index in [2.05, 4.69) is 4.98 Å². The predicted octanol–water partition coefficient (Wildman–Crippen LogP) is 1.74. The Bertz CT molecular complexity index is 410. The lowest BCUT2D eigenvalue weighted by Gasteiger charge is -1.94. The highest BCUT2D eigenvalue weighted by molar-refractivity contribution is 7.22. The Balaban J connectivity index is 2.41. The molecule has 1 aromatic carbocycles. The highest BCUT2D eigenvalue weighted by Crippen LogP contribution is 2.19. The second kappa shape index (κ2) is 3.30. The van der Waals surface area contributed by atoms with Gasteiger partial charge < -0.3 is 0 Å². The fourth-order valence-electron chi connectivity index (χ4n) is 1.01. The molecule has 1 nitrogen and oxygen atoms in total. The lowest BCUT2D eigenvalue weighted by atomic mass is 10.1. The van der Waals surface area contributed by atoms with Gasteiger partial charge in [0.2, 0.25) is 0 Å². The Morgan fingerprint density at radius 1 is 1.23 bits per heavy atom. The summed E-state index contributed by atoms with van der Waals surface area (Å²) < 4.78 is 13.2. The van der Waals surface area contributed by atoms with Gasteiger partial charge in [-0.1, -0.05) is 0 Å². The number of hydrogen-bond acceptors (Lipinski definition) is 2. The van der Waals surface area contributed by atoms with Gasteiger partial charge in [-0.05, 0) is 29.0 Å². The SMILES string of the molecule is [B]c1cnc(-c2ccc(F)cc2)s1. The summed E-state index contributed by atoms with van der Waals surface area (Å²) in [4.78, 5) is 4.09. The maximum Gasteiger partial charge on any atom is 0.131 e. The van der Waals surface area contributed by atoms with Crippen molar-refractivity contribution in [2.45, 2.75) is 0 Å². The average molecular weight is 189 g/mol. The Labute approximate surface area is 80.7 Å². The maximum absolute atomic E-state index is 12.6. The van der Waals surface area contributed by atoms with E-state index in [1.807, 2.05) is 0 Å². The Morgan fingerprint density at radius 2 is 1.92 bits per heavy atom. The van der Waals surface area contributed by atoms with Crippen molar-refractivity contribution >= 4 is 24.0 Å². The standard InChI is InChI=1S/C9H5BFNS/c10-8-5-12-9(13-8)6-1-3-7(11)4-2-6/h1-5H. The maximum atomic E-state index is 12.6. The molecule has 1 aromatic heterocycles. The molecule has 0 aliphatic carbocycles. The zero-order valence-corrected chi connectivity index (χ0v) is 7.51. The number of halogens is 1. The summed E-state index contributed by atoms with van der Waals surface area (Å²) in [7, 11) is 5.53. The summed E-state index contributed by atoms with van der Waals surface area (Å²) in [5.74, 6) is -0.242. The van der Waals surface area contributed by atoms with Gasteiger partial charge in [-0.15, -0.1) is 11.3 Å². The predicted molar refractivity (Wildman–Crippen MR) is 52.9 cm³/mol. The molecule has 0 N–H and O–H groups in total. The number of rotatable bonds is 1. The molecule has 0 atom stereocenters. The van der Waals surface area contributed by atoms with Crippen LogP contribution in [0.4, 0.5) is 4.39 Å². The van der Waals surface area contributed by atoms with Crippen molar-refractivity contribution < 1.29 is 4.39 Å². The topological polar surface area (TPSA) is 12.9 Å². The highest BCUT2D eigenvalue weighted by atomic mass is 32.1. The lowest BCUT2D eigenvalue weighted by Crippen LogP contribution is -1.89. The van der Waals surface area contributed by atoms with Crippen molar-refractivity contribution in [3.63, 3.8) is 0 Å². The van der Waals surface area contributed by atoms with Crippen LogP contribution in [-0.4, -0.2) is 12.8 Å². The third-order valence-electron chi connectivity index (χ3n) is 1.61. The van der Waals surface area contributed by atoms with Crippen LogP contribution in [0.2, 0.25) is 0 Å². The van der Waals surface area contributed by atoms with E-state index in [1.165, 1.54) is 23.5 Å². The van der Waals surface area contributed by atoms with E-state index >= 15 is 0 Å². The zero-order valence-electron chi connectivity index (χ0n) is 6.70. The van der Waals surface area contributed by atoms with Crippen LogP contribution in [0, 0.1) is 5.82 Å². The van der Waals surface area contributed by atoms with Crippen LogP contribution >= 0.6 is 11.3 Å². The molecule has 13 heavy (non-hydrogen) atoms. The fraction of sp³-hybridized carbons (Fsp3) is 0. The van der Waals surface area contributed by atoms with Crippen LogP contribution < -0.4 is 4.78 Å². The largest absolute Gasteiger partial charge is 0.245 e. The number of benzene rings is 1. The second-order valence-corrected chi connectivity index (χ2v) is 3.64. The van der Waals surface area contributed by atoms with Crippen LogP contribution in [0.25, 0.3) is 10.6 Å². The van der Waals surface area contributed by atoms with Crippen molar-refractivity contribution in [2.75, 3.05) is 0 Å². The summed E-state index contributed by atoms with van der Waals surface area (Å²) >= 11 is 1.39. The molecule has 62 valence electrons. The van der Waals surface area contributed by atoms with Crippen LogP contribution in [0.5, 0.6) is 0 Å². The summed E-state index contributed by atoms with van der Waals surface area (Å²) in [5.41, 5.74) is 0.892. The number of aromatic nitrogens is 1. The van der Waals surface area contributed by atoms with Gasteiger partial charge in [0, 0.05) is 11.8 Å². The molecule has 2 rings (SSSR count). The smallest absolute Gasteiger partial charge is 0.131 e. The monoisotopic (exact) mass is 189 g/mol. The first-order valence-electron chi connectivity index (χ1n) is 3.73. The molecule has 0 saturated carbocycles. The average Bonchev–Trinajstić information content (AvgIpc) is 2.53. The van der Waals surface area contributed by atoms with Gasteiger partial charge in [0.15, 0.2) is 0 Å². The van der Waals surface area contributed by atoms with Crippen molar-refractivity contribution in [2.24, 2.45) is 0 Å². The van der Waals surface area contributed by atoms with Gasteiger partial charge in [0.05, 0.1) is 0 Å². The number of thiazole rings is 1. The molecule has 0 bridgehead atoms. The van der Waals surface area contributed by atoms with Crippen molar-refractivity contribution in [1.29, 1.82) is 0 Å². The van der Waals surface area contributed by atoms with Gasteiger partial charge in [0.25, 0.3) is 0 Å². The Kier molecular flexibility index (Phi) is 2.14. The molecule has 0 amide bonds. The molecule has 1 heterocycles. The Morgan fingerprint density at radius 3 is 2.46 bits per heavy atom. The molecule has 0 aliphatic rings. The van der Waals surface area contributed by atoms with Crippen molar-refractivity contribution in [1.82, 2.24) is 4.98 Å². The van der Waals surface area contributed by atoms with Gasteiger partial charge >= 0.3 is 0 Å². The molecule has 0 saturated heterocycles. The summed E-state index contributed by atoms with van der Waals surface area (Å²) in [5, 5.41) is 0.817. The third kappa shape index (κ3) is 1.78. The first-order valence-corrected chi connectivity index (χ1v) is 4.54. The minimum atomic E-state index is -0.242. The molecule has 4 heteroatoms. The van der Waals surface area contributed by atoms with Crippen LogP contribution in [0.15, 0.2) is 30.5 Å². The molecule has 2 radical (unpaired) electrons. The second-order valence-electron chi connectivity index (χ2n) is 2.57. The van der Waals surface area contributed by atoms with E-state index in [4.69, 9.17) is 7.85 Å². The Hall–Kier alpha value is -1.16. The summed E-state index contributed by atoms with van der Waals surface area (Å²) in [6, 6.07) is 6.20. The minimum Gasteiger partial charge on any atom is -0.245 e. The van der Waals surface area contributed by atoms with Crippen molar-refractivity contribution in [3.05, 3.63) is 36.3 Å². The molecule has 0 unspecified atom stereocenters. The van der Waals surface area contributed by atoms with Gasteiger partial charge in [-0.2, -0.15) is 0 Å². The summed E-state index contributed by atoms with van der Waals surface area (Å²) in [6.07, 6.45) is 1.60. The third-order valence-corrected chi connectivity index (χ3v) is 2.49. The first kappa shape index (κ1) is 8.44. The minimum absolute atomic E-state index is 0.242. The van der Waals surface area contributed by atoms with Gasteiger partial charge in [-0.25, -0.2) is 9.37 Å². The quantitative estimate of drug-likeness (QED) is 0.622. The molecule has 2 aromatic rings. The van der Waals surface area contributed by atoms with Crippen LogP contribution in [0.3, 0.4) is 0 Å². The highest BCUT2D eigenvalue weighted by Gasteiger charge is 2.01. The van der Waals surface area contributed by atoms with Crippen LogP contribution in [0.1, 0.15) is 0 Å². The molecule has 0 spiro atoms. The van der Waals surface area contributed by atoms with E-state index < -0.39 is 0 Å². The van der Waals surface area contributed by atoms with Crippen molar-refractivity contribution in [3.8, 4) is 10.6 Å². The van der Waals surface area contributed by atoms with Gasteiger partial charge in [0.1, 0.15) is 18.7 Å². The normalized spacial score (nSPS) is 10.2.